The van der Waals surface area contributed by atoms with E-state index in [9.17, 15) is 14.4 Å². The molecule has 1 atom stereocenters. The summed E-state index contributed by atoms with van der Waals surface area (Å²) < 4.78 is 5.28. The summed E-state index contributed by atoms with van der Waals surface area (Å²) in [6, 6.07) is 6.40. The zero-order chi connectivity index (χ0) is 18.4. The van der Waals surface area contributed by atoms with E-state index in [0.717, 1.165) is 21.6 Å². The molecule has 25 heavy (non-hydrogen) atoms. The zero-order valence-corrected chi connectivity index (χ0v) is 14.7. The first-order chi connectivity index (χ1) is 11.7. The summed E-state index contributed by atoms with van der Waals surface area (Å²) in [5.41, 5.74) is 2.14. The Labute approximate surface area is 145 Å². The average Bonchev–Trinajstić information content (AvgIpc) is 3.15. The Hall–Kier alpha value is -2.89. The molecule has 3 rings (SSSR count). The van der Waals surface area contributed by atoms with Crippen LogP contribution in [0.25, 0.3) is 0 Å². The van der Waals surface area contributed by atoms with Crippen LogP contribution in [-0.4, -0.2) is 29.2 Å². The Kier molecular flexibility index (Phi) is 3.99. The van der Waals surface area contributed by atoms with Crippen molar-refractivity contribution < 1.29 is 18.8 Å². The lowest BCUT2D eigenvalue weighted by Gasteiger charge is -2.19. The van der Waals surface area contributed by atoms with E-state index in [1.807, 2.05) is 26.8 Å². The Morgan fingerprint density at radius 1 is 1.16 bits per heavy atom. The number of ketones is 1. The van der Waals surface area contributed by atoms with E-state index in [2.05, 4.69) is 5.32 Å². The molecular formula is C19H20N2O4. The number of carbonyl (C=O) groups excluding carboxylic acids is 3. The molecule has 1 N–H and O–H groups in total. The summed E-state index contributed by atoms with van der Waals surface area (Å²) in [5.74, 6) is -0.432. The lowest BCUT2D eigenvalue weighted by Crippen LogP contribution is -2.41. The number of amides is 3. The van der Waals surface area contributed by atoms with Gasteiger partial charge in [0.05, 0.1) is 12.8 Å². The van der Waals surface area contributed by atoms with Gasteiger partial charge in [0.1, 0.15) is 5.76 Å². The number of Topliss-reactive ketones (excluding diaryl/α,β-unsaturated/α-hetero) is 1. The molecular weight excluding hydrogens is 320 g/mol. The molecule has 1 aromatic carbocycles. The van der Waals surface area contributed by atoms with Crippen LogP contribution in [0, 0.1) is 20.8 Å². The molecule has 1 aliphatic heterocycles. The highest BCUT2D eigenvalue weighted by molar-refractivity contribution is 6.11. The molecule has 1 aromatic heterocycles. The average molecular weight is 340 g/mol. The van der Waals surface area contributed by atoms with Gasteiger partial charge >= 0.3 is 6.03 Å². The Morgan fingerprint density at radius 3 is 2.48 bits per heavy atom. The number of hydrogen-bond acceptors (Lipinski definition) is 4. The van der Waals surface area contributed by atoms with Crippen LogP contribution in [0.1, 0.15) is 39.7 Å². The number of nitrogens with zero attached hydrogens (tertiary/aromatic N) is 1. The van der Waals surface area contributed by atoms with Crippen molar-refractivity contribution in [1.82, 2.24) is 10.2 Å². The van der Waals surface area contributed by atoms with Crippen LogP contribution in [0.3, 0.4) is 0 Å². The van der Waals surface area contributed by atoms with Crippen molar-refractivity contribution in [3.63, 3.8) is 0 Å². The predicted molar refractivity (Wildman–Crippen MR) is 91.3 cm³/mol. The van der Waals surface area contributed by atoms with E-state index in [1.54, 1.807) is 25.1 Å². The molecule has 130 valence electrons. The van der Waals surface area contributed by atoms with Crippen LogP contribution in [0.15, 0.2) is 34.9 Å². The fourth-order valence-electron chi connectivity index (χ4n) is 3.06. The Morgan fingerprint density at radius 2 is 1.84 bits per heavy atom. The van der Waals surface area contributed by atoms with Gasteiger partial charge in [-0.25, -0.2) is 4.79 Å². The summed E-state index contributed by atoms with van der Waals surface area (Å²) in [5, 5.41) is 2.62. The minimum absolute atomic E-state index is 0.271. The van der Waals surface area contributed by atoms with Crippen molar-refractivity contribution in [2.75, 3.05) is 6.54 Å². The smallest absolute Gasteiger partial charge is 0.325 e. The van der Waals surface area contributed by atoms with E-state index < -0.39 is 17.5 Å². The molecule has 0 radical (unpaired) electrons. The topological polar surface area (TPSA) is 79.6 Å². The fourth-order valence-corrected chi connectivity index (χ4v) is 3.06. The SMILES string of the molecule is Cc1cc(C)c(C(=O)CN2C(=O)NC(C)(c3ccco3)C2=O)cc1C. The molecule has 2 heterocycles. The van der Waals surface area contributed by atoms with Gasteiger partial charge in [0.2, 0.25) is 0 Å². The van der Waals surface area contributed by atoms with Gasteiger partial charge in [-0.2, -0.15) is 0 Å². The third kappa shape index (κ3) is 2.73. The second-order valence-electron chi connectivity index (χ2n) is 6.60. The van der Waals surface area contributed by atoms with Crippen LogP contribution in [0.4, 0.5) is 4.79 Å². The number of benzene rings is 1. The van der Waals surface area contributed by atoms with Crippen LogP contribution in [0.2, 0.25) is 0 Å². The second kappa shape index (κ2) is 5.88. The van der Waals surface area contributed by atoms with Crippen molar-refractivity contribution in [3.05, 3.63) is 58.5 Å². The number of rotatable bonds is 4. The molecule has 6 heteroatoms. The van der Waals surface area contributed by atoms with Crippen LogP contribution < -0.4 is 5.32 Å². The minimum atomic E-state index is -1.29. The molecule has 0 saturated carbocycles. The number of furan rings is 1. The fraction of sp³-hybridized carbons (Fsp3) is 0.316. The van der Waals surface area contributed by atoms with Gasteiger partial charge in [0.15, 0.2) is 11.3 Å². The third-order valence-corrected chi connectivity index (χ3v) is 4.73. The summed E-state index contributed by atoms with van der Waals surface area (Å²) >= 11 is 0. The molecule has 1 fully saturated rings. The number of aryl methyl sites for hydroxylation is 3. The zero-order valence-electron chi connectivity index (χ0n) is 14.7. The van der Waals surface area contributed by atoms with Gasteiger partial charge in [-0.05, 0) is 62.6 Å². The van der Waals surface area contributed by atoms with E-state index in [0.29, 0.717) is 11.3 Å². The van der Waals surface area contributed by atoms with Crippen LogP contribution in [-0.2, 0) is 10.3 Å². The molecule has 1 saturated heterocycles. The standard InChI is InChI=1S/C19H20N2O4/c1-11-8-13(3)14(9-12(11)2)15(22)10-21-17(23)19(4,20-18(21)24)16-6-5-7-25-16/h5-9H,10H2,1-4H3,(H,20,24). The second-order valence-corrected chi connectivity index (χ2v) is 6.60. The van der Waals surface area contributed by atoms with E-state index >= 15 is 0 Å². The maximum atomic E-state index is 12.7. The highest BCUT2D eigenvalue weighted by Gasteiger charge is 2.51. The lowest BCUT2D eigenvalue weighted by atomic mass is 9.97. The summed E-state index contributed by atoms with van der Waals surface area (Å²) in [7, 11) is 0. The highest BCUT2D eigenvalue weighted by Crippen LogP contribution is 2.29. The number of urea groups is 1. The van der Waals surface area contributed by atoms with Crippen molar-refractivity contribution >= 4 is 17.7 Å². The number of nitrogens with one attached hydrogen (secondary N) is 1. The lowest BCUT2D eigenvalue weighted by molar-refractivity contribution is -0.131. The molecule has 0 bridgehead atoms. The highest BCUT2D eigenvalue weighted by atomic mass is 16.3. The minimum Gasteiger partial charge on any atom is -0.466 e. The summed E-state index contributed by atoms with van der Waals surface area (Å²) in [6.07, 6.45) is 1.44. The van der Waals surface area contributed by atoms with Crippen LogP contribution in [0.5, 0.6) is 0 Å². The van der Waals surface area contributed by atoms with E-state index in [-0.39, 0.29) is 12.3 Å². The van der Waals surface area contributed by atoms with Gasteiger partial charge in [0, 0.05) is 5.56 Å². The van der Waals surface area contributed by atoms with Crippen molar-refractivity contribution in [2.45, 2.75) is 33.2 Å². The van der Waals surface area contributed by atoms with Crippen molar-refractivity contribution in [1.29, 1.82) is 0 Å². The van der Waals surface area contributed by atoms with E-state index in [4.69, 9.17) is 4.42 Å². The van der Waals surface area contributed by atoms with Gasteiger partial charge in [-0.15, -0.1) is 0 Å². The Bertz CT molecular complexity index is 870. The summed E-state index contributed by atoms with van der Waals surface area (Å²) in [6.45, 7) is 7.01. The first-order valence-corrected chi connectivity index (χ1v) is 8.03. The molecule has 0 spiro atoms. The normalized spacial score (nSPS) is 20.1. The largest absolute Gasteiger partial charge is 0.466 e. The number of carbonyl (C=O) groups is 3. The molecule has 2 aromatic rings. The molecule has 1 unspecified atom stereocenters. The monoisotopic (exact) mass is 340 g/mol. The predicted octanol–water partition coefficient (Wildman–Crippen LogP) is 2.85. The molecule has 6 nitrogen and oxygen atoms in total. The quantitative estimate of drug-likeness (QED) is 0.685. The number of hydrogen-bond donors (Lipinski definition) is 1. The van der Waals surface area contributed by atoms with E-state index in [1.165, 1.54) is 6.26 Å². The molecule has 1 aliphatic rings. The maximum absolute atomic E-state index is 12.7. The van der Waals surface area contributed by atoms with Crippen molar-refractivity contribution in [2.24, 2.45) is 0 Å². The first kappa shape index (κ1) is 17.0. The summed E-state index contributed by atoms with van der Waals surface area (Å²) in [4.78, 5) is 38.6. The van der Waals surface area contributed by atoms with Gasteiger partial charge in [-0.1, -0.05) is 6.07 Å². The first-order valence-electron chi connectivity index (χ1n) is 8.03. The van der Waals surface area contributed by atoms with Crippen molar-refractivity contribution in [3.8, 4) is 0 Å². The third-order valence-electron chi connectivity index (χ3n) is 4.73. The molecule has 0 aliphatic carbocycles. The van der Waals surface area contributed by atoms with Gasteiger partial charge in [-0.3, -0.25) is 14.5 Å². The van der Waals surface area contributed by atoms with Gasteiger partial charge in [0.25, 0.3) is 5.91 Å². The maximum Gasteiger partial charge on any atom is 0.325 e. The van der Waals surface area contributed by atoms with Gasteiger partial charge < -0.3 is 9.73 Å². The number of imide groups is 1. The molecule has 3 amide bonds. The Balaban J connectivity index is 1.86. The van der Waals surface area contributed by atoms with Crippen LogP contribution >= 0.6 is 0 Å².